The number of ether oxygens (including phenoxy) is 4. The topological polar surface area (TPSA) is 158 Å². The van der Waals surface area contributed by atoms with Crippen LogP contribution < -0.4 is 28.7 Å². The molecule has 0 fully saturated rings. The highest BCUT2D eigenvalue weighted by Crippen LogP contribution is 2.43. The van der Waals surface area contributed by atoms with Crippen LogP contribution in [-0.4, -0.2) is 92.7 Å². The summed E-state index contributed by atoms with van der Waals surface area (Å²) >= 11 is 0. The molecule has 6 aromatic carbocycles. The molecule has 4 aliphatic carbocycles. The highest BCUT2D eigenvalue weighted by atomic mass is 16.5. The van der Waals surface area contributed by atoms with Gasteiger partial charge in [-0.25, -0.2) is 0 Å². The molecule has 4 atom stereocenters. The standard InChI is InChI=1S/C84H90N4O10/c1-11-17-55(5)85(67-39-47-71(95-9)48-40-67)63-31-23-59(24-32-63)77-81(91)79(82(77)92)61-27-35-65(36-28-61)87(57(7)19-13-3)69-43-51-73(52-44-69)97-75(89)21-15-16-22-76(90)98-74-53-45-70(46-54-74)88(58(8)20-14-4)66-37-29-62(30-38-66)80-83(93)78(84(80)94)60-25-33-64(34-26-60)86(56(6)18-12-2)68-41-49-72(96-10)50-42-68/h23-58H,11-22H2,1-10H3/p+2. The van der Waals surface area contributed by atoms with Gasteiger partial charge in [0.1, 0.15) is 34.5 Å². The zero-order valence-corrected chi connectivity index (χ0v) is 58.2. The van der Waals surface area contributed by atoms with E-state index in [1.165, 1.54) is 0 Å². The number of Topliss-reactive ketones (excluding diaryl/α,β-unsaturated/α-hetero) is 2. The van der Waals surface area contributed by atoms with Crippen molar-refractivity contribution in [3.05, 3.63) is 239 Å². The summed E-state index contributed by atoms with van der Waals surface area (Å²) in [5, 5.41) is 22.8. The SMILES string of the molecule is CCCC(C)N(c1ccc(OC)cc1)c1ccc(C2=C(O)C(=C3C=CC(=[N+](c4ccc(OC(=O)CCCCC(=O)Oc5ccc([N+](=C6C=CC(=C7C(=O)C(c8ccc(N(c9ccc(OC)cc9)C(C)CCC)cc8)=C7O)C=C6)C(C)CCC)cc5)cc4)C(C)CCC)C=C3)C2=O)cc1. The molecule has 0 aliphatic heterocycles. The van der Waals surface area contributed by atoms with Crippen molar-refractivity contribution >= 4 is 80.2 Å². The lowest BCUT2D eigenvalue weighted by Crippen LogP contribution is -2.28. The second-order valence-electron chi connectivity index (χ2n) is 25.6. The number of carbonyl (C=O) groups is 4. The van der Waals surface area contributed by atoms with Crippen LogP contribution in [0.1, 0.15) is 144 Å². The molecular weight excluding hydrogens is 1220 g/mol. The van der Waals surface area contributed by atoms with E-state index in [9.17, 15) is 29.4 Å². The largest absolute Gasteiger partial charge is 0.506 e. The number of nitrogens with zero attached hydrogens (tertiary/aromatic N) is 4. The fourth-order valence-electron chi connectivity index (χ4n) is 13.6. The third kappa shape index (κ3) is 15.9. The number of benzene rings is 6. The number of ketones is 2. The summed E-state index contributed by atoms with van der Waals surface area (Å²) < 4.78 is 26.7. The Morgan fingerprint density at radius 2 is 0.694 bits per heavy atom. The van der Waals surface area contributed by atoms with Crippen LogP contribution in [0.25, 0.3) is 11.1 Å². The van der Waals surface area contributed by atoms with Crippen molar-refractivity contribution in [3.63, 3.8) is 0 Å². The van der Waals surface area contributed by atoms with E-state index >= 15 is 0 Å². The van der Waals surface area contributed by atoms with Crippen molar-refractivity contribution in [1.82, 2.24) is 0 Å². The number of rotatable bonds is 29. The van der Waals surface area contributed by atoms with Crippen LogP contribution in [0.5, 0.6) is 23.0 Å². The van der Waals surface area contributed by atoms with Crippen LogP contribution in [0.15, 0.2) is 228 Å². The Hall–Kier alpha value is -10.3. The minimum atomic E-state index is -0.401. The molecule has 0 bridgehead atoms. The molecule has 0 heterocycles. The normalized spacial score (nSPS) is 15.4. The summed E-state index contributed by atoms with van der Waals surface area (Å²) in [7, 11) is 3.31. The molecule has 0 amide bonds. The van der Waals surface area contributed by atoms with Gasteiger partial charge < -0.3 is 39.0 Å². The molecule has 0 saturated heterocycles. The van der Waals surface area contributed by atoms with E-state index < -0.39 is 11.9 Å². The van der Waals surface area contributed by atoms with E-state index in [0.29, 0.717) is 68.9 Å². The molecule has 14 heteroatoms. The van der Waals surface area contributed by atoms with Gasteiger partial charge in [0.15, 0.2) is 12.1 Å². The molecule has 14 nitrogen and oxygen atoms in total. The van der Waals surface area contributed by atoms with Crippen molar-refractivity contribution in [3.8, 4) is 23.0 Å². The number of aliphatic hydroxyl groups excluding tert-OH is 2. The molecule has 0 radical (unpaired) electrons. The van der Waals surface area contributed by atoms with Gasteiger partial charge in [-0.15, -0.1) is 0 Å². The average molecular weight is 1320 g/mol. The van der Waals surface area contributed by atoms with Crippen LogP contribution in [0, 0.1) is 0 Å². The van der Waals surface area contributed by atoms with E-state index in [0.717, 1.165) is 108 Å². The molecule has 4 aliphatic rings. The van der Waals surface area contributed by atoms with E-state index in [2.05, 4.69) is 74.3 Å². The minimum Gasteiger partial charge on any atom is -0.506 e. The van der Waals surface area contributed by atoms with Crippen molar-refractivity contribution in [2.45, 2.75) is 157 Å². The lowest BCUT2D eigenvalue weighted by Gasteiger charge is -2.32. The first kappa shape index (κ1) is 70.5. The number of methoxy groups -OCH3 is 2. The maximum Gasteiger partial charge on any atom is 0.311 e. The number of hydrogen-bond acceptors (Lipinski definition) is 12. The van der Waals surface area contributed by atoms with Crippen LogP contribution in [0.2, 0.25) is 0 Å². The summed E-state index contributed by atoms with van der Waals surface area (Å²) in [6.45, 7) is 17.4. The van der Waals surface area contributed by atoms with E-state index in [1.807, 2.05) is 170 Å². The Labute approximate surface area is 577 Å². The van der Waals surface area contributed by atoms with Crippen LogP contribution in [0.4, 0.5) is 34.1 Å². The summed E-state index contributed by atoms with van der Waals surface area (Å²) in [5.74, 6) is 1.15. The van der Waals surface area contributed by atoms with Crippen molar-refractivity contribution in [1.29, 1.82) is 0 Å². The van der Waals surface area contributed by atoms with Gasteiger partial charge in [0.25, 0.3) is 0 Å². The minimum absolute atomic E-state index is 0.0166. The lowest BCUT2D eigenvalue weighted by atomic mass is 9.80. The molecule has 4 unspecified atom stereocenters. The maximum absolute atomic E-state index is 13.8. The maximum atomic E-state index is 13.8. The average Bonchev–Trinajstić information content (AvgIpc) is 0.751. The molecule has 0 spiro atoms. The molecule has 0 aromatic heterocycles. The lowest BCUT2D eigenvalue weighted by molar-refractivity contribution is -0.480. The highest BCUT2D eigenvalue weighted by Gasteiger charge is 2.39. The first-order valence-electron chi connectivity index (χ1n) is 34.7. The number of anilines is 4. The van der Waals surface area contributed by atoms with E-state index in [-0.39, 0.29) is 60.1 Å². The zero-order chi connectivity index (χ0) is 69.6. The Morgan fingerprint density at radius 3 is 0.980 bits per heavy atom. The second kappa shape index (κ2) is 32.6. The van der Waals surface area contributed by atoms with E-state index in [4.69, 9.17) is 18.9 Å². The predicted molar refractivity (Wildman–Crippen MR) is 393 cm³/mol. The van der Waals surface area contributed by atoms with Crippen molar-refractivity contribution in [2.75, 3.05) is 24.0 Å². The van der Waals surface area contributed by atoms with Crippen LogP contribution in [-0.2, 0) is 19.2 Å². The quantitative estimate of drug-likeness (QED) is 0.0151. The Morgan fingerprint density at radius 1 is 0.398 bits per heavy atom. The molecule has 98 heavy (non-hydrogen) atoms. The molecule has 0 saturated carbocycles. The van der Waals surface area contributed by atoms with Gasteiger partial charge in [-0.05, 0) is 210 Å². The molecular formula is C84H92N4O10+2. The molecule has 2 N–H and O–H groups in total. The summed E-state index contributed by atoms with van der Waals surface area (Å²) in [4.78, 5) is 58.4. The molecule has 10 rings (SSSR count). The van der Waals surface area contributed by atoms with E-state index in [1.54, 1.807) is 38.5 Å². The zero-order valence-electron chi connectivity index (χ0n) is 58.2. The van der Waals surface area contributed by atoms with Gasteiger partial charge in [0.2, 0.25) is 34.4 Å². The number of aliphatic hydroxyl groups is 2. The highest BCUT2D eigenvalue weighted by molar-refractivity contribution is 6.40. The Balaban J connectivity index is 0.716. The number of esters is 2. The van der Waals surface area contributed by atoms with Crippen molar-refractivity contribution in [2.24, 2.45) is 0 Å². The first-order valence-corrected chi connectivity index (χ1v) is 34.7. The van der Waals surface area contributed by atoms with Crippen molar-refractivity contribution < 1.29 is 57.5 Å². The number of unbranched alkanes of at least 4 members (excludes halogenated alkanes) is 1. The molecule has 6 aromatic rings. The summed E-state index contributed by atoms with van der Waals surface area (Å²) in [6.07, 6.45) is 24.3. The van der Waals surface area contributed by atoms with Gasteiger partial charge in [0.05, 0.1) is 36.5 Å². The monoisotopic (exact) mass is 1320 g/mol. The summed E-state index contributed by atoms with van der Waals surface area (Å²) in [6, 6.07) is 47.1. The van der Waals surface area contributed by atoms with Gasteiger partial charge in [-0.2, -0.15) is 9.15 Å². The predicted octanol–water partition coefficient (Wildman–Crippen LogP) is 18.9. The second-order valence-corrected chi connectivity index (χ2v) is 25.6. The Bertz CT molecular complexity index is 3930. The summed E-state index contributed by atoms with van der Waals surface area (Å²) in [5.41, 5.74) is 11.5. The Kier molecular flexibility index (Phi) is 23.4. The van der Waals surface area contributed by atoms with Gasteiger partial charge in [-0.3, -0.25) is 19.2 Å². The third-order valence-corrected chi connectivity index (χ3v) is 18.6. The number of carbonyl (C=O) groups excluding carboxylic acids is 4. The van der Waals surface area contributed by atoms with Gasteiger partial charge >= 0.3 is 11.9 Å². The van der Waals surface area contributed by atoms with Gasteiger partial charge in [-0.1, -0.05) is 64.8 Å². The van der Waals surface area contributed by atoms with Crippen LogP contribution >= 0.6 is 0 Å². The number of allylic oxidation sites excluding steroid dienone is 14. The molecule has 506 valence electrons. The first-order chi connectivity index (χ1) is 47.5. The smallest absolute Gasteiger partial charge is 0.311 e. The number of hydrogen-bond donors (Lipinski definition) is 2. The van der Waals surface area contributed by atoms with Gasteiger partial charge in [0, 0.05) is 109 Å². The fraction of sp³-hybridized carbons (Fsp3) is 0.310. The third-order valence-electron chi connectivity index (χ3n) is 18.6. The van der Waals surface area contributed by atoms with Crippen LogP contribution in [0.3, 0.4) is 0 Å². The fourth-order valence-corrected chi connectivity index (χ4v) is 13.6.